The Morgan fingerprint density at radius 1 is 1.17 bits per heavy atom. The molecule has 0 unspecified atom stereocenters. The van der Waals surface area contributed by atoms with Crippen molar-refractivity contribution in [3.05, 3.63) is 47.5 Å². The van der Waals surface area contributed by atoms with Crippen LogP contribution in [0.5, 0.6) is 5.75 Å². The van der Waals surface area contributed by atoms with Gasteiger partial charge in [0.25, 0.3) is 0 Å². The molecule has 0 saturated carbocycles. The Kier molecular flexibility index (Phi) is 4.27. The number of nitrogens with zero attached hydrogens (tertiary/aromatic N) is 3. The molecule has 0 spiro atoms. The van der Waals surface area contributed by atoms with Gasteiger partial charge in [-0.05, 0) is 18.2 Å². The fraction of sp³-hybridized carbons (Fsp3) is 0.412. The zero-order valence-corrected chi connectivity index (χ0v) is 13.4. The molecule has 126 valence electrons. The van der Waals surface area contributed by atoms with Crippen LogP contribution in [0.3, 0.4) is 0 Å². The van der Waals surface area contributed by atoms with Crippen LogP contribution >= 0.6 is 0 Å². The number of ether oxygens (including phenoxy) is 2. The van der Waals surface area contributed by atoms with Crippen LogP contribution in [0.15, 0.2) is 30.6 Å². The lowest BCUT2D eigenvalue weighted by molar-refractivity contribution is -0.914. The topological polar surface area (TPSA) is 51.9 Å². The van der Waals surface area contributed by atoms with E-state index in [-0.39, 0.29) is 12.6 Å². The van der Waals surface area contributed by atoms with Crippen molar-refractivity contribution in [3.63, 3.8) is 0 Å². The van der Waals surface area contributed by atoms with Gasteiger partial charge in [-0.15, -0.1) is 0 Å². The van der Waals surface area contributed by atoms with E-state index < -0.39 is 0 Å². The van der Waals surface area contributed by atoms with Crippen LogP contribution in [0.1, 0.15) is 11.1 Å². The third kappa shape index (κ3) is 3.18. The molecule has 1 N–H and O–H groups in total. The summed E-state index contributed by atoms with van der Waals surface area (Å²) in [6, 6.07) is 4.91. The molecule has 6 nitrogen and oxygen atoms in total. The summed E-state index contributed by atoms with van der Waals surface area (Å²) in [5, 5.41) is 0. The van der Waals surface area contributed by atoms with Gasteiger partial charge in [0.05, 0.1) is 38.3 Å². The molecule has 1 aromatic heterocycles. The van der Waals surface area contributed by atoms with Crippen molar-refractivity contribution >= 4 is 5.95 Å². The lowest BCUT2D eigenvalue weighted by Gasteiger charge is -2.32. The second-order valence-corrected chi connectivity index (χ2v) is 6.13. The molecule has 0 bridgehead atoms. The highest BCUT2D eigenvalue weighted by Crippen LogP contribution is 2.28. The Morgan fingerprint density at radius 3 is 2.75 bits per heavy atom. The van der Waals surface area contributed by atoms with Crippen molar-refractivity contribution in [2.75, 3.05) is 37.9 Å². The highest BCUT2D eigenvalue weighted by Gasteiger charge is 2.25. The number of fused-ring (bicyclic) bond motifs is 1. The number of aromatic nitrogens is 2. The largest absolute Gasteiger partial charge is 0.467 e. The maximum absolute atomic E-state index is 13.8. The predicted molar refractivity (Wildman–Crippen MR) is 85.3 cm³/mol. The smallest absolute Gasteiger partial charge is 0.225 e. The van der Waals surface area contributed by atoms with Crippen molar-refractivity contribution < 1.29 is 18.8 Å². The monoisotopic (exact) mass is 331 g/mol. The number of rotatable bonds is 3. The summed E-state index contributed by atoms with van der Waals surface area (Å²) >= 11 is 0. The molecule has 2 aliphatic heterocycles. The molecule has 0 aliphatic carbocycles. The Hall–Kier alpha value is -2.25. The number of benzene rings is 1. The third-order valence-electron chi connectivity index (χ3n) is 4.50. The quantitative estimate of drug-likeness (QED) is 0.882. The van der Waals surface area contributed by atoms with Crippen molar-refractivity contribution in [2.24, 2.45) is 0 Å². The van der Waals surface area contributed by atoms with E-state index in [0.717, 1.165) is 55.5 Å². The normalized spacial score (nSPS) is 18.1. The van der Waals surface area contributed by atoms with Crippen LogP contribution in [0.25, 0.3) is 0 Å². The Morgan fingerprint density at radius 2 is 1.96 bits per heavy atom. The molecule has 2 aromatic rings. The van der Waals surface area contributed by atoms with Gasteiger partial charge < -0.3 is 19.3 Å². The minimum Gasteiger partial charge on any atom is -0.467 e. The van der Waals surface area contributed by atoms with Crippen LogP contribution in [0, 0.1) is 5.82 Å². The van der Waals surface area contributed by atoms with Gasteiger partial charge in [-0.25, -0.2) is 14.4 Å². The van der Waals surface area contributed by atoms with Gasteiger partial charge in [0.15, 0.2) is 6.79 Å². The van der Waals surface area contributed by atoms with Gasteiger partial charge in [0.1, 0.15) is 18.1 Å². The SMILES string of the molecule is Fc1cc2c(c(C[NH+]3CCN(c4ncccn4)CC3)c1)OCOC2. The minimum atomic E-state index is -0.228. The molecule has 2 aliphatic rings. The summed E-state index contributed by atoms with van der Waals surface area (Å²) in [6.45, 7) is 5.10. The van der Waals surface area contributed by atoms with Crippen LogP contribution in [-0.4, -0.2) is 42.9 Å². The van der Waals surface area contributed by atoms with Gasteiger partial charge in [-0.3, -0.25) is 0 Å². The minimum absolute atomic E-state index is 0.228. The number of hydrogen-bond acceptors (Lipinski definition) is 5. The predicted octanol–water partition coefficient (Wildman–Crippen LogP) is 0.387. The van der Waals surface area contributed by atoms with E-state index >= 15 is 0 Å². The fourth-order valence-electron chi connectivity index (χ4n) is 3.31. The number of piperazine rings is 1. The maximum Gasteiger partial charge on any atom is 0.225 e. The Bertz CT molecular complexity index is 705. The summed E-state index contributed by atoms with van der Waals surface area (Å²) in [5.41, 5.74) is 1.72. The molecule has 0 radical (unpaired) electrons. The highest BCUT2D eigenvalue weighted by molar-refractivity contribution is 5.42. The molecule has 0 atom stereocenters. The standard InChI is InChI=1S/C17H19FN4O2/c18-15-8-13(16-14(9-15)11-23-12-24-16)10-21-4-6-22(7-5-21)17-19-2-1-3-20-17/h1-3,8-9H,4-7,10-12H2/p+1. The van der Waals surface area contributed by atoms with Crippen LogP contribution in [0.4, 0.5) is 10.3 Å². The van der Waals surface area contributed by atoms with E-state index in [9.17, 15) is 4.39 Å². The summed E-state index contributed by atoms with van der Waals surface area (Å²) in [4.78, 5) is 12.2. The summed E-state index contributed by atoms with van der Waals surface area (Å²) in [7, 11) is 0. The fourth-order valence-corrected chi connectivity index (χ4v) is 3.31. The lowest BCUT2D eigenvalue weighted by Crippen LogP contribution is -3.13. The zero-order valence-electron chi connectivity index (χ0n) is 13.4. The van der Waals surface area contributed by atoms with E-state index in [1.165, 1.54) is 11.0 Å². The van der Waals surface area contributed by atoms with Crippen LogP contribution < -0.4 is 14.5 Å². The number of quaternary nitrogens is 1. The van der Waals surface area contributed by atoms with E-state index in [0.29, 0.717) is 6.61 Å². The lowest BCUT2D eigenvalue weighted by atomic mass is 10.1. The summed E-state index contributed by atoms with van der Waals surface area (Å²) < 4.78 is 24.7. The molecular weight excluding hydrogens is 311 g/mol. The molecule has 3 heterocycles. The van der Waals surface area contributed by atoms with Crippen LogP contribution in [-0.2, 0) is 17.9 Å². The maximum atomic E-state index is 13.8. The molecule has 24 heavy (non-hydrogen) atoms. The summed E-state index contributed by atoms with van der Waals surface area (Å²) in [6.07, 6.45) is 3.53. The van der Waals surface area contributed by atoms with Gasteiger partial charge >= 0.3 is 0 Å². The van der Waals surface area contributed by atoms with E-state index in [1.54, 1.807) is 18.5 Å². The molecular formula is C17H20FN4O2+. The molecule has 1 aromatic carbocycles. The van der Waals surface area contributed by atoms with Crippen molar-refractivity contribution in [1.29, 1.82) is 0 Å². The van der Waals surface area contributed by atoms with Gasteiger partial charge in [-0.1, -0.05) is 0 Å². The van der Waals surface area contributed by atoms with Crippen molar-refractivity contribution in [3.8, 4) is 5.75 Å². The van der Waals surface area contributed by atoms with E-state index in [4.69, 9.17) is 9.47 Å². The zero-order chi connectivity index (χ0) is 16.4. The van der Waals surface area contributed by atoms with E-state index in [1.807, 2.05) is 6.07 Å². The summed E-state index contributed by atoms with van der Waals surface area (Å²) in [5.74, 6) is 1.35. The van der Waals surface area contributed by atoms with Gasteiger partial charge in [0, 0.05) is 18.0 Å². The average molecular weight is 331 g/mol. The first-order valence-corrected chi connectivity index (χ1v) is 8.17. The number of halogens is 1. The number of hydrogen-bond donors (Lipinski definition) is 1. The number of anilines is 1. The van der Waals surface area contributed by atoms with Gasteiger partial charge in [-0.2, -0.15) is 0 Å². The first-order valence-electron chi connectivity index (χ1n) is 8.17. The molecule has 0 amide bonds. The molecule has 4 rings (SSSR count). The highest BCUT2D eigenvalue weighted by atomic mass is 19.1. The van der Waals surface area contributed by atoms with E-state index in [2.05, 4.69) is 14.9 Å². The average Bonchev–Trinajstić information content (AvgIpc) is 2.63. The third-order valence-corrected chi connectivity index (χ3v) is 4.50. The first-order chi connectivity index (χ1) is 11.8. The molecule has 1 fully saturated rings. The Labute approximate surface area is 139 Å². The van der Waals surface area contributed by atoms with Gasteiger partial charge in [0.2, 0.25) is 5.95 Å². The second-order valence-electron chi connectivity index (χ2n) is 6.13. The molecule has 7 heteroatoms. The number of nitrogens with one attached hydrogen (secondary N) is 1. The van der Waals surface area contributed by atoms with Crippen LogP contribution in [0.2, 0.25) is 0 Å². The second kappa shape index (κ2) is 6.70. The Balaban J connectivity index is 1.43. The first kappa shape index (κ1) is 15.3. The molecule has 1 saturated heterocycles. The van der Waals surface area contributed by atoms with Crippen molar-refractivity contribution in [2.45, 2.75) is 13.2 Å². The van der Waals surface area contributed by atoms with Crippen molar-refractivity contribution in [1.82, 2.24) is 9.97 Å².